The molecule has 0 aliphatic carbocycles. The number of hydrogen-bond donors (Lipinski definition) is 1. The van der Waals surface area contributed by atoms with E-state index in [1.54, 1.807) is 0 Å². The Balaban J connectivity index is 2.26. The van der Waals surface area contributed by atoms with Gasteiger partial charge in [-0.3, -0.25) is 0 Å². The van der Waals surface area contributed by atoms with Crippen LogP contribution < -0.4 is 10.3 Å². The Morgan fingerprint density at radius 2 is 1.94 bits per heavy atom. The van der Waals surface area contributed by atoms with Gasteiger partial charge in [0.25, 0.3) is 0 Å². The molecular weight excluding hydrogens is 210 g/mol. The predicted octanol–water partition coefficient (Wildman–Crippen LogP) is 2.51. The third kappa shape index (κ3) is 2.50. The molecule has 17 heavy (non-hydrogen) atoms. The average Bonchev–Trinajstić information content (AvgIpc) is 2.38. The Kier molecular flexibility index (Phi) is 3.83. The van der Waals surface area contributed by atoms with Crippen LogP contribution in [0.15, 0.2) is 49.6 Å². The van der Waals surface area contributed by atoms with Crippen molar-refractivity contribution in [2.75, 3.05) is 36.5 Å². The quantitative estimate of drug-likeness (QED) is 0.783. The second kappa shape index (κ2) is 5.55. The van der Waals surface area contributed by atoms with Crippen LogP contribution in [-0.4, -0.2) is 31.2 Å². The number of anilines is 2. The van der Waals surface area contributed by atoms with Gasteiger partial charge in [-0.15, -0.1) is 13.2 Å². The summed E-state index contributed by atoms with van der Waals surface area (Å²) in [4.78, 5) is 0. The molecule has 1 heterocycles. The van der Waals surface area contributed by atoms with Crippen molar-refractivity contribution in [3.8, 4) is 0 Å². The summed E-state index contributed by atoms with van der Waals surface area (Å²) in [5.41, 5.74) is 2.42. The number of nitrogens with one attached hydrogen (secondary N) is 1. The molecule has 1 aromatic rings. The summed E-state index contributed by atoms with van der Waals surface area (Å²) in [6.07, 6.45) is 3.85. The van der Waals surface area contributed by atoms with Crippen LogP contribution in [0.3, 0.4) is 0 Å². The van der Waals surface area contributed by atoms with Crippen LogP contribution in [0, 0.1) is 0 Å². The molecule has 0 atom stereocenters. The number of para-hydroxylation sites is 2. The second-order valence-corrected chi connectivity index (χ2v) is 4.02. The minimum Gasteiger partial charge on any atom is -0.381 e. The molecule has 0 saturated heterocycles. The average molecular weight is 229 g/mol. The van der Waals surface area contributed by atoms with E-state index >= 15 is 0 Å². The first kappa shape index (κ1) is 11.7. The molecule has 3 heteroatoms. The van der Waals surface area contributed by atoms with Gasteiger partial charge in [-0.1, -0.05) is 24.3 Å². The van der Waals surface area contributed by atoms with E-state index < -0.39 is 0 Å². The van der Waals surface area contributed by atoms with E-state index in [1.807, 2.05) is 12.2 Å². The summed E-state index contributed by atoms with van der Waals surface area (Å²) < 4.78 is 0. The first-order valence-corrected chi connectivity index (χ1v) is 5.94. The molecule has 0 unspecified atom stereocenters. The number of nitrogens with zero attached hydrogens (tertiary/aromatic N) is 2. The molecule has 90 valence electrons. The fourth-order valence-electron chi connectivity index (χ4n) is 2.13. The van der Waals surface area contributed by atoms with E-state index in [1.165, 1.54) is 11.4 Å². The Labute approximate surface area is 103 Å². The maximum Gasteiger partial charge on any atom is 0.0754 e. The van der Waals surface area contributed by atoms with Gasteiger partial charge in [0, 0.05) is 19.6 Å². The first-order chi connectivity index (χ1) is 8.36. The van der Waals surface area contributed by atoms with Crippen molar-refractivity contribution < 1.29 is 0 Å². The van der Waals surface area contributed by atoms with Gasteiger partial charge >= 0.3 is 0 Å². The minimum atomic E-state index is 0.834. The van der Waals surface area contributed by atoms with Crippen molar-refractivity contribution >= 4 is 11.4 Å². The lowest BCUT2D eigenvalue weighted by Gasteiger charge is -2.39. The van der Waals surface area contributed by atoms with Crippen molar-refractivity contribution in [3.05, 3.63) is 49.6 Å². The highest BCUT2D eigenvalue weighted by atomic mass is 15.6. The van der Waals surface area contributed by atoms with Crippen molar-refractivity contribution in [2.24, 2.45) is 0 Å². The third-order valence-corrected chi connectivity index (χ3v) is 2.84. The lowest BCUT2D eigenvalue weighted by Crippen LogP contribution is -2.47. The standard InChI is InChI=1S/C14H19N3/c1-3-10-16(11-4-2)17-12-9-15-13-7-5-6-8-14(13)17/h3-8,15H,1-2,9-12H2. The van der Waals surface area contributed by atoms with Gasteiger partial charge in [0.2, 0.25) is 0 Å². The Morgan fingerprint density at radius 1 is 1.24 bits per heavy atom. The Bertz CT molecular complexity index is 390. The van der Waals surface area contributed by atoms with Crippen molar-refractivity contribution in [3.63, 3.8) is 0 Å². The SMILES string of the molecule is C=CCN(CC=C)N1CCNc2ccccc21. The number of benzene rings is 1. The Hall–Kier alpha value is -1.74. The predicted molar refractivity (Wildman–Crippen MR) is 74.2 cm³/mol. The van der Waals surface area contributed by atoms with Crippen LogP contribution in [0.2, 0.25) is 0 Å². The van der Waals surface area contributed by atoms with E-state index in [4.69, 9.17) is 0 Å². The highest BCUT2D eigenvalue weighted by Gasteiger charge is 2.20. The largest absolute Gasteiger partial charge is 0.381 e. The molecule has 2 rings (SSSR count). The van der Waals surface area contributed by atoms with E-state index in [0.717, 1.165) is 26.2 Å². The zero-order valence-electron chi connectivity index (χ0n) is 10.1. The fourth-order valence-corrected chi connectivity index (χ4v) is 2.13. The molecule has 1 aromatic carbocycles. The number of hydrogen-bond acceptors (Lipinski definition) is 3. The Morgan fingerprint density at radius 3 is 2.65 bits per heavy atom. The van der Waals surface area contributed by atoms with Crippen LogP contribution in [0.4, 0.5) is 11.4 Å². The zero-order chi connectivity index (χ0) is 12.1. The molecule has 0 saturated carbocycles. The van der Waals surface area contributed by atoms with E-state index in [9.17, 15) is 0 Å². The highest BCUT2D eigenvalue weighted by Crippen LogP contribution is 2.29. The maximum absolute atomic E-state index is 3.82. The summed E-state index contributed by atoms with van der Waals surface area (Å²) in [6.45, 7) is 11.2. The molecular formula is C14H19N3. The molecule has 0 fully saturated rings. The summed E-state index contributed by atoms with van der Waals surface area (Å²) in [6, 6.07) is 8.38. The topological polar surface area (TPSA) is 18.5 Å². The first-order valence-electron chi connectivity index (χ1n) is 5.94. The van der Waals surface area contributed by atoms with Gasteiger partial charge in [-0.25, -0.2) is 5.01 Å². The summed E-state index contributed by atoms with van der Waals surface area (Å²) in [7, 11) is 0. The summed E-state index contributed by atoms with van der Waals surface area (Å²) in [5.74, 6) is 0. The molecule has 0 radical (unpaired) electrons. The lowest BCUT2D eigenvalue weighted by molar-refractivity contribution is 0.305. The normalized spacial score (nSPS) is 14.1. The smallest absolute Gasteiger partial charge is 0.0754 e. The number of rotatable bonds is 5. The molecule has 0 spiro atoms. The van der Waals surface area contributed by atoms with Gasteiger partial charge in [-0.2, -0.15) is 0 Å². The van der Waals surface area contributed by atoms with E-state index in [2.05, 4.69) is 52.8 Å². The van der Waals surface area contributed by atoms with Crippen LogP contribution in [-0.2, 0) is 0 Å². The van der Waals surface area contributed by atoms with Gasteiger partial charge in [0.15, 0.2) is 0 Å². The van der Waals surface area contributed by atoms with Crippen LogP contribution in [0.1, 0.15) is 0 Å². The molecule has 1 aliphatic heterocycles. The van der Waals surface area contributed by atoms with Crippen LogP contribution >= 0.6 is 0 Å². The van der Waals surface area contributed by atoms with E-state index in [-0.39, 0.29) is 0 Å². The van der Waals surface area contributed by atoms with Crippen molar-refractivity contribution in [2.45, 2.75) is 0 Å². The van der Waals surface area contributed by atoms with Gasteiger partial charge in [-0.05, 0) is 12.1 Å². The third-order valence-electron chi connectivity index (χ3n) is 2.84. The van der Waals surface area contributed by atoms with Crippen molar-refractivity contribution in [1.82, 2.24) is 5.01 Å². The molecule has 3 nitrogen and oxygen atoms in total. The van der Waals surface area contributed by atoms with Gasteiger partial charge in [0.05, 0.1) is 17.9 Å². The summed E-state index contributed by atoms with van der Waals surface area (Å²) >= 11 is 0. The highest BCUT2D eigenvalue weighted by molar-refractivity contribution is 5.71. The molecule has 1 aliphatic rings. The van der Waals surface area contributed by atoms with E-state index in [0.29, 0.717) is 0 Å². The monoisotopic (exact) mass is 229 g/mol. The fraction of sp³-hybridized carbons (Fsp3) is 0.286. The molecule has 1 N–H and O–H groups in total. The minimum absolute atomic E-state index is 0.834. The summed E-state index contributed by atoms with van der Waals surface area (Å²) in [5, 5.41) is 7.96. The maximum atomic E-state index is 3.82. The molecule has 0 amide bonds. The lowest BCUT2D eigenvalue weighted by atomic mass is 10.2. The molecule has 0 aromatic heterocycles. The van der Waals surface area contributed by atoms with Gasteiger partial charge < -0.3 is 10.3 Å². The molecule has 0 bridgehead atoms. The number of fused-ring (bicyclic) bond motifs is 1. The van der Waals surface area contributed by atoms with Crippen LogP contribution in [0.25, 0.3) is 0 Å². The van der Waals surface area contributed by atoms with Crippen molar-refractivity contribution in [1.29, 1.82) is 0 Å². The van der Waals surface area contributed by atoms with Gasteiger partial charge in [0.1, 0.15) is 0 Å². The second-order valence-electron chi connectivity index (χ2n) is 4.02. The zero-order valence-corrected chi connectivity index (χ0v) is 10.1. The van der Waals surface area contributed by atoms with Crippen LogP contribution in [0.5, 0.6) is 0 Å². The number of hydrazine groups is 1.